The van der Waals surface area contributed by atoms with Gasteiger partial charge in [-0.15, -0.1) is 0 Å². The van der Waals surface area contributed by atoms with Gasteiger partial charge in [-0.25, -0.2) is 4.68 Å². The van der Waals surface area contributed by atoms with E-state index in [-0.39, 0.29) is 49.7 Å². The highest BCUT2D eigenvalue weighted by Gasteiger charge is 2.34. The standard InChI is InChI=1S/C23H20F3N5O4/c24-23(25,26)17-6-8-19(20(14-17)31(34)35)28-10-12-29(13-11-28)22(33)18-7-9-21(32)30(27-18)15-16-4-2-1-3-5-16/h1-9,14H,10-13,15H2. The third-order valence-electron chi connectivity index (χ3n) is 5.67. The first kappa shape index (κ1) is 23.9. The molecule has 3 aromatic rings. The fourth-order valence-electron chi connectivity index (χ4n) is 3.86. The van der Waals surface area contributed by atoms with Crippen molar-refractivity contribution in [2.45, 2.75) is 12.7 Å². The summed E-state index contributed by atoms with van der Waals surface area (Å²) in [5.41, 5.74) is -1.12. The minimum atomic E-state index is -4.70. The zero-order valence-corrected chi connectivity index (χ0v) is 18.3. The molecule has 1 aliphatic rings. The second kappa shape index (κ2) is 9.57. The summed E-state index contributed by atoms with van der Waals surface area (Å²) in [4.78, 5) is 38.8. The number of alkyl halides is 3. The summed E-state index contributed by atoms with van der Waals surface area (Å²) < 4.78 is 40.1. The molecule has 1 saturated heterocycles. The number of hydrogen-bond donors (Lipinski definition) is 0. The van der Waals surface area contributed by atoms with E-state index in [4.69, 9.17) is 0 Å². The number of hydrogen-bond acceptors (Lipinski definition) is 6. The van der Waals surface area contributed by atoms with Gasteiger partial charge in [0.1, 0.15) is 11.4 Å². The number of aromatic nitrogens is 2. The fraction of sp³-hybridized carbons (Fsp3) is 0.261. The van der Waals surface area contributed by atoms with Crippen LogP contribution in [-0.4, -0.2) is 51.7 Å². The van der Waals surface area contributed by atoms with Gasteiger partial charge in [-0.2, -0.15) is 18.3 Å². The average molecular weight is 487 g/mol. The molecular formula is C23H20F3N5O4. The van der Waals surface area contributed by atoms with E-state index >= 15 is 0 Å². The molecule has 0 N–H and O–H groups in total. The number of nitrogens with zero attached hydrogens (tertiary/aromatic N) is 5. The molecule has 1 aromatic heterocycles. The lowest BCUT2D eigenvalue weighted by molar-refractivity contribution is -0.384. The summed E-state index contributed by atoms with van der Waals surface area (Å²) in [6.45, 7) is 0.919. The molecule has 1 aliphatic heterocycles. The topological polar surface area (TPSA) is 102 Å². The molecule has 2 aromatic carbocycles. The molecule has 0 radical (unpaired) electrons. The molecule has 0 aliphatic carbocycles. The van der Waals surface area contributed by atoms with Crippen LogP contribution in [0.2, 0.25) is 0 Å². The Morgan fingerprint density at radius 1 is 1.00 bits per heavy atom. The summed E-state index contributed by atoms with van der Waals surface area (Å²) in [5, 5.41) is 15.6. The summed E-state index contributed by atoms with van der Waals surface area (Å²) in [7, 11) is 0. The van der Waals surface area contributed by atoms with E-state index in [2.05, 4.69) is 5.10 Å². The summed E-state index contributed by atoms with van der Waals surface area (Å²) in [6, 6.07) is 14.2. The molecule has 35 heavy (non-hydrogen) atoms. The zero-order valence-electron chi connectivity index (χ0n) is 18.3. The van der Waals surface area contributed by atoms with Crippen molar-refractivity contribution < 1.29 is 22.9 Å². The minimum Gasteiger partial charge on any atom is -0.362 e. The summed E-state index contributed by atoms with van der Waals surface area (Å²) in [5.74, 6) is -0.409. The lowest BCUT2D eigenvalue weighted by Crippen LogP contribution is -2.49. The number of anilines is 1. The molecule has 12 heteroatoms. The van der Waals surface area contributed by atoms with Crippen LogP contribution in [0.15, 0.2) is 65.5 Å². The SMILES string of the molecule is O=C(c1ccc(=O)n(Cc2ccccc2)n1)N1CCN(c2ccc(C(F)(F)F)cc2[N+](=O)[O-])CC1. The van der Waals surface area contributed by atoms with Crippen molar-refractivity contribution in [1.82, 2.24) is 14.7 Å². The van der Waals surface area contributed by atoms with Crippen molar-refractivity contribution in [1.29, 1.82) is 0 Å². The van der Waals surface area contributed by atoms with E-state index in [1.165, 1.54) is 21.7 Å². The van der Waals surface area contributed by atoms with Gasteiger partial charge >= 0.3 is 6.18 Å². The Morgan fingerprint density at radius 2 is 1.69 bits per heavy atom. The first-order valence-electron chi connectivity index (χ1n) is 10.7. The molecule has 0 unspecified atom stereocenters. The van der Waals surface area contributed by atoms with Crippen LogP contribution in [0.5, 0.6) is 0 Å². The second-order valence-corrected chi connectivity index (χ2v) is 7.94. The Balaban J connectivity index is 1.48. The number of halogens is 3. The fourth-order valence-corrected chi connectivity index (χ4v) is 3.86. The number of nitro groups is 1. The molecule has 0 bridgehead atoms. The quantitative estimate of drug-likeness (QED) is 0.405. The highest BCUT2D eigenvalue weighted by Crippen LogP contribution is 2.36. The van der Waals surface area contributed by atoms with E-state index in [0.29, 0.717) is 6.07 Å². The van der Waals surface area contributed by atoms with Crippen LogP contribution in [-0.2, 0) is 12.7 Å². The lowest BCUT2D eigenvalue weighted by atomic mass is 10.1. The molecule has 0 atom stereocenters. The predicted octanol–water partition coefficient (Wildman–Crippen LogP) is 3.18. The number of carbonyl (C=O) groups is 1. The smallest absolute Gasteiger partial charge is 0.362 e. The Bertz CT molecular complexity index is 1300. The van der Waals surface area contributed by atoms with Crippen LogP contribution in [0.4, 0.5) is 24.5 Å². The number of amides is 1. The maximum absolute atomic E-state index is 13.0. The van der Waals surface area contributed by atoms with Crippen LogP contribution in [0.3, 0.4) is 0 Å². The van der Waals surface area contributed by atoms with Crippen LogP contribution in [0.25, 0.3) is 0 Å². The van der Waals surface area contributed by atoms with Gasteiger partial charge < -0.3 is 9.80 Å². The summed E-state index contributed by atoms with van der Waals surface area (Å²) in [6.07, 6.45) is -4.70. The van der Waals surface area contributed by atoms with Gasteiger partial charge in [-0.05, 0) is 23.8 Å². The molecule has 4 rings (SSSR count). The number of rotatable bonds is 5. The third-order valence-corrected chi connectivity index (χ3v) is 5.67. The van der Waals surface area contributed by atoms with Crippen LogP contribution in [0.1, 0.15) is 21.6 Å². The second-order valence-electron chi connectivity index (χ2n) is 7.94. The largest absolute Gasteiger partial charge is 0.416 e. The van der Waals surface area contributed by atoms with Gasteiger partial charge in [-0.1, -0.05) is 30.3 Å². The van der Waals surface area contributed by atoms with Crippen molar-refractivity contribution in [3.63, 3.8) is 0 Å². The van der Waals surface area contributed by atoms with E-state index in [9.17, 15) is 32.9 Å². The molecule has 1 amide bonds. The highest BCUT2D eigenvalue weighted by molar-refractivity contribution is 5.92. The van der Waals surface area contributed by atoms with Crippen molar-refractivity contribution >= 4 is 17.3 Å². The number of carbonyl (C=O) groups excluding carboxylic acids is 1. The van der Waals surface area contributed by atoms with Crippen LogP contribution >= 0.6 is 0 Å². The monoisotopic (exact) mass is 487 g/mol. The number of nitro benzene ring substituents is 1. The van der Waals surface area contributed by atoms with Gasteiger partial charge in [0, 0.05) is 38.3 Å². The van der Waals surface area contributed by atoms with Crippen LogP contribution < -0.4 is 10.5 Å². The first-order chi connectivity index (χ1) is 16.6. The van der Waals surface area contributed by atoms with E-state index < -0.39 is 28.3 Å². The molecule has 1 fully saturated rings. The Morgan fingerprint density at radius 3 is 2.31 bits per heavy atom. The number of benzene rings is 2. The average Bonchev–Trinajstić information content (AvgIpc) is 2.85. The van der Waals surface area contributed by atoms with E-state index in [0.717, 1.165) is 17.7 Å². The number of piperazine rings is 1. The van der Waals surface area contributed by atoms with Gasteiger partial charge in [-0.3, -0.25) is 19.7 Å². The lowest BCUT2D eigenvalue weighted by Gasteiger charge is -2.35. The maximum atomic E-state index is 13.0. The van der Waals surface area contributed by atoms with E-state index in [1.807, 2.05) is 30.3 Å². The molecule has 9 nitrogen and oxygen atoms in total. The van der Waals surface area contributed by atoms with Gasteiger partial charge in [0.2, 0.25) is 0 Å². The Labute approximate surface area is 197 Å². The van der Waals surface area contributed by atoms with Gasteiger partial charge in [0.25, 0.3) is 17.2 Å². The third kappa shape index (κ3) is 5.31. The molecule has 182 valence electrons. The highest BCUT2D eigenvalue weighted by atomic mass is 19.4. The first-order valence-corrected chi connectivity index (χ1v) is 10.7. The minimum absolute atomic E-state index is 0.0598. The van der Waals surface area contributed by atoms with Crippen molar-refractivity contribution in [2.75, 3.05) is 31.1 Å². The van der Waals surface area contributed by atoms with Gasteiger partial charge in [0.05, 0.1) is 17.0 Å². The molecule has 2 heterocycles. The van der Waals surface area contributed by atoms with Crippen molar-refractivity contribution in [3.8, 4) is 0 Å². The van der Waals surface area contributed by atoms with Crippen LogP contribution in [0, 0.1) is 10.1 Å². The maximum Gasteiger partial charge on any atom is 0.416 e. The summed E-state index contributed by atoms with van der Waals surface area (Å²) >= 11 is 0. The predicted molar refractivity (Wildman–Crippen MR) is 120 cm³/mol. The van der Waals surface area contributed by atoms with Crippen molar-refractivity contribution in [3.05, 3.63) is 98.0 Å². The molecule has 0 saturated carbocycles. The normalized spacial score (nSPS) is 14.1. The Kier molecular flexibility index (Phi) is 6.54. The zero-order chi connectivity index (χ0) is 25.2. The van der Waals surface area contributed by atoms with E-state index in [1.54, 1.807) is 4.90 Å². The molecular weight excluding hydrogens is 467 g/mol. The Hall–Kier alpha value is -4.22. The van der Waals surface area contributed by atoms with Gasteiger partial charge in [0.15, 0.2) is 0 Å². The van der Waals surface area contributed by atoms with Crippen molar-refractivity contribution in [2.24, 2.45) is 0 Å². The molecule has 0 spiro atoms.